The highest BCUT2D eigenvalue weighted by Gasteiger charge is 2.29. The number of imide groups is 1. The first-order valence-electron chi connectivity index (χ1n) is 21.9. The molecule has 4 N–H and O–H groups in total. The Labute approximate surface area is 368 Å². The Morgan fingerprint density at radius 3 is 2.35 bits per heavy atom. The molecule has 3 saturated heterocycles. The maximum absolute atomic E-state index is 13.4. The maximum atomic E-state index is 13.4. The summed E-state index contributed by atoms with van der Waals surface area (Å²) < 4.78 is 1.80. The van der Waals surface area contributed by atoms with Crippen molar-refractivity contribution in [3.05, 3.63) is 114 Å². The number of carbonyl (C=O) groups excluding carboxylic acids is 4. The summed E-state index contributed by atoms with van der Waals surface area (Å²) in [7, 11) is 0. The third-order valence-corrected chi connectivity index (χ3v) is 12.2. The first-order valence-corrected chi connectivity index (χ1v) is 21.9. The van der Waals surface area contributed by atoms with Crippen molar-refractivity contribution < 1.29 is 19.2 Å². The molecule has 0 bridgehead atoms. The third kappa shape index (κ3) is 10.7. The number of nitrogens with one attached hydrogen (secondary N) is 4. The van der Waals surface area contributed by atoms with Gasteiger partial charge in [0.2, 0.25) is 17.8 Å². The fourth-order valence-electron chi connectivity index (χ4n) is 8.43. The van der Waals surface area contributed by atoms with E-state index in [4.69, 9.17) is 4.98 Å². The predicted octanol–water partition coefficient (Wildman–Crippen LogP) is 5.97. The first kappa shape index (κ1) is 43.1. The summed E-state index contributed by atoms with van der Waals surface area (Å²) >= 11 is 0. The molecule has 0 spiro atoms. The van der Waals surface area contributed by atoms with Gasteiger partial charge in [0.15, 0.2) is 0 Å². The van der Waals surface area contributed by atoms with E-state index >= 15 is 0 Å². The van der Waals surface area contributed by atoms with Crippen molar-refractivity contribution in [1.82, 2.24) is 40.2 Å². The highest BCUT2D eigenvalue weighted by molar-refractivity contribution is 6.01. The second kappa shape index (κ2) is 18.8. The van der Waals surface area contributed by atoms with Gasteiger partial charge in [-0.3, -0.25) is 34.1 Å². The van der Waals surface area contributed by atoms with Gasteiger partial charge in [-0.05, 0) is 119 Å². The molecule has 15 heteroatoms. The zero-order valence-corrected chi connectivity index (χ0v) is 36.6. The molecular weight excluding hydrogens is 795 g/mol. The van der Waals surface area contributed by atoms with Crippen LogP contribution in [0.25, 0.3) is 11.3 Å². The molecule has 328 valence electrons. The third-order valence-electron chi connectivity index (χ3n) is 12.2. The minimum Gasteiger partial charge on any atom is -0.374 e. The number of piperazine rings is 1. The summed E-state index contributed by atoms with van der Waals surface area (Å²) in [5.74, 6) is 0.336. The smallest absolute Gasteiger partial charge is 0.254 e. The van der Waals surface area contributed by atoms with Crippen LogP contribution in [-0.2, 0) is 21.7 Å². The number of hydrogen-bond acceptors (Lipinski definition) is 11. The molecule has 0 saturated carbocycles. The minimum absolute atomic E-state index is 0.00978. The Bertz CT molecular complexity index is 2440. The summed E-state index contributed by atoms with van der Waals surface area (Å²) in [6.07, 6.45) is 7.82. The molecule has 5 heterocycles. The predicted molar refractivity (Wildman–Crippen MR) is 244 cm³/mol. The number of hydrogen-bond donors (Lipinski definition) is 4. The van der Waals surface area contributed by atoms with Crippen LogP contribution in [0.2, 0.25) is 0 Å². The average Bonchev–Trinajstić information content (AvgIpc) is 3.80. The van der Waals surface area contributed by atoms with E-state index in [9.17, 15) is 19.2 Å². The molecular formula is C48H57N11O4. The van der Waals surface area contributed by atoms with Crippen LogP contribution in [-0.4, -0.2) is 105 Å². The van der Waals surface area contributed by atoms with Gasteiger partial charge in [0.05, 0.1) is 23.0 Å². The van der Waals surface area contributed by atoms with E-state index in [1.165, 1.54) is 5.69 Å². The quantitative estimate of drug-likeness (QED) is 0.109. The number of likely N-dealkylation sites (tertiary alicyclic amines) is 1. The zero-order valence-electron chi connectivity index (χ0n) is 36.6. The van der Waals surface area contributed by atoms with Gasteiger partial charge < -0.3 is 25.8 Å². The van der Waals surface area contributed by atoms with Gasteiger partial charge in [0, 0.05) is 99.4 Å². The van der Waals surface area contributed by atoms with Crippen LogP contribution in [0.4, 0.5) is 23.0 Å². The average molecular weight is 852 g/mol. The fourth-order valence-corrected chi connectivity index (χ4v) is 8.43. The number of piperidine rings is 2. The minimum atomic E-state index is -0.491. The van der Waals surface area contributed by atoms with Crippen LogP contribution < -0.4 is 26.2 Å². The Morgan fingerprint density at radius 2 is 1.63 bits per heavy atom. The molecule has 1 atom stereocenters. The summed E-state index contributed by atoms with van der Waals surface area (Å²) in [5, 5.41) is 16.3. The van der Waals surface area contributed by atoms with Crippen LogP contribution >= 0.6 is 0 Å². The normalized spacial score (nSPS) is 17.6. The molecule has 3 aromatic carbocycles. The summed E-state index contributed by atoms with van der Waals surface area (Å²) in [6.45, 7) is 15.0. The van der Waals surface area contributed by atoms with E-state index in [0.29, 0.717) is 48.1 Å². The standard InChI is InChI=1S/C48H57N11O4/c1-32-26-34(8-9-36(32)28-50-44(61)37-29-51-59(31-37)48(2,3)4)41-16-19-49-47(54-41)53-38-10-12-40(13-11-38)57-24-22-56(23-25-57)30-33-17-20-58(21-18-33)46(63)35-6-5-7-39(27-35)52-42-14-15-43(60)55-45(42)62/h5-13,16,19,26-27,29,31,33,42,52H,14-15,17-18,20-25,28,30H2,1-4H3,(H,50,61)(H,49,53,54)(H,55,60,62). The van der Waals surface area contributed by atoms with Crippen LogP contribution in [0.5, 0.6) is 0 Å². The molecule has 0 aliphatic carbocycles. The van der Waals surface area contributed by atoms with Crippen molar-refractivity contribution in [3.8, 4) is 11.3 Å². The molecule has 2 aromatic heterocycles. The lowest BCUT2D eigenvalue weighted by Crippen LogP contribution is -2.49. The Balaban J connectivity index is 0.767. The molecule has 8 rings (SSSR count). The van der Waals surface area contributed by atoms with Crippen LogP contribution in [0, 0.1) is 12.8 Å². The number of aromatic nitrogens is 4. The molecule has 3 fully saturated rings. The first-order chi connectivity index (χ1) is 30.3. The second-order valence-corrected chi connectivity index (χ2v) is 17.9. The van der Waals surface area contributed by atoms with Crippen molar-refractivity contribution in [2.45, 2.75) is 71.5 Å². The molecule has 63 heavy (non-hydrogen) atoms. The van der Waals surface area contributed by atoms with E-state index in [1.807, 2.05) is 69.0 Å². The molecule has 3 aliphatic heterocycles. The number of carbonyl (C=O) groups is 4. The monoisotopic (exact) mass is 851 g/mol. The lowest BCUT2D eigenvalue weighted by atomic mass is 9.95. The fraction of sp³-hybridized carbons (Fsp3) is 0.396. The molecule has 0 radical (unpaired) electrons. The van der Waals surface area contributed by atoms with Gasteiger partial charge in [0.25, 0.3) is 11.8 Å². The van der Waals surface area contributed by atoms with Gasteiger partial charge in [-0.25, -0.2) is 9.97 Å². The number of anilines is 4. The topological polar surface area (TPSA) is 170 Å². The molecule has 4 amide bonds. The number of nitrogens with zero attached hydrogens (tertiary/aromatic N) is 7. The highest BCUT2D eigenvalue weighted by Crippen LogP contribution is 2.27. The highest BCUT2D eigenvalue weighted by atomic mass is 16.2. The Morgan fingerprint density at radius 1 is 0.857 bits per heavy atom. The summed E-state index contributed by atoms with van der Waals surface area (Å²) in [5.41, 5.74) is 7.59. The van der Waals surface area contributed by atoms with Crippen molar-refractivity contribution in [3.63, 3.8) is 0 Å². The Kier molecular flexibility index (Phi) is 12.8. The van der Waals surface area contributed by atoms with Crippen LogP contribution in [0.3, 0.4) is 0 Å². The molecule has 5 aromatic rings. The maximum Gasteiger partial charge on any atom is 0.254 e. The number of amides is 4. The van der Waals surface area contributed by atoms with Gasteiger partial charge >= 0.3 is 0 Å². The van der Waals surface area contributed by atoms with E-state index in [-0.39, 0.29) is 29.2 Å². The largest absolute Gasteiger partial charge is 0.374 e. The van der Waals surface area contributed by atoms with Gasteiger partial charge in [-0.1, -0.05) is 18.2 Å². The number of aryl methyl sites for hydroxylation is 1. The van der Waals surface area contributed by atoms with E-state index in [1.54, 1.807) is 29.3 Å². The lowest BCUT2D eigenvalue weighted by molar-refractivity contribution is -0.133. The van der Waals surface area contributed by atoms with Crippen molar-refractivity contribution in [2.24, 2.45) is 5.92 Å². The van der Waals surface area contributed by atoms with Crippen molar-refractivity contribution in [2.75, 3.05) is 61.3 Å². The summed E-state index contributed by atoms with van der Waals surface area (Å²) in [4.78, 5) is 66.2. The number of benzene rings is 3. The van der Waals surface area contributed by atoms with E-state index in [2.05, 4.69) is 71.5 Å². The van der Waals surface area contributed by atoms with Gasteiger partial charge in [0.1, 0.15) is 6.04 Å². The number of rotatable bonds is 12. The van der Waals surface area contributed by atoms with Crippen LogP contribution in [0.1, 0.15) is 78.3 Å². The van der Waals surface area contributed by atoms with Crippen molar-refractivity contribution in [1.29, 1.82) is 0 Å². The van der Waals surface area contributed by atoms with E-state index < -0.39 is 6.04 Å². The molecule has 3 aliphatic rings. The second-order valence-electron chi connectivity index (χ2n) is 17.9. The molecule has 15 nitrogen and oxygen atoms in total. The van der Waals surface area contributed by atoms with Crippen LogP contribution in [0.15, 0.2) is 91.4 Å². The lowest BCUT2D eigenvalue weighted by Gasteiger charge is -2.39. The van der Waals surface area contributed by atoms with Crippen molar-refractivity contribution >= 4 is 46.6 Å². The summed E-state index contributed by atoms with van der Waals surface area (Å²) in [6, 6.07) is 23.3. The van der Waals surface area contributed by atoms with Gasteiger partial charge in [-0.2, -0.15) is 5.10 Å². The van der Waals surface area contributed by atoms with Gasteiger partial charge in [-0.15, -0.1) is 0 Å². The SMILES string of the molecule is Cc1cc(-c2ccnc(Nc3ccc(N4CCN(CC5CCN(C(=O)c6cccc(NC7CCC(=O)NC7=O)c6)CC5)CC4)cc3)n2)ccc1CNC(=O)c1cnn(C(C)(C)C)c1. The van der Waals surface area contributed by atoms with E-state index in [0.717, 1.165) is 86.7 Å². The molecule has 1 unspecified atom stereocenters. The Hall–Kier alpha value is -6.61. The zero-order chi connectivity index (χ0) is 44.1.